The quantitative estimate of drug-likeness (QED) is 0.682. The van der Waals surface area contributed by atoms with Crippen molar-refractivity contribution in [2.24, 2.45) is 5.73 Å². The fraction of sp³-hybridized carbons (Fsp3) is 0.429. The average molecular weight is 300 g/mol. The lowest BCUT2D eigenvalue weighted by Crippen LogP contribution is -2.54. The highest BCUT2D eigenvalue weighted by molar-refractivity contribution is 6.30. The molecule has 0 saturated heterocycles. The number of carbonyl (C=O) groups excluding carboxylic acids is 2. The number of nitrogens with two attached hydrogens (primary N) is 1. The summed E-state index contributed by atoms with van der Waals surface area (Å²) in [5.74, 6) is -1.77. The van der Waals surface area contributed by atoms with E-state index < -0.39 is 23.1 Å². The second-order valence-electron chi connectivity index (χ2n) is 5.31. The van der Waals surface area contributed by atoms with Crippen molar-refractivity contribution in [2.45, 2.75) is 31.9 Å². The van der Waals surface area contributed by atoms with Gasteiger partial charge in [-0.05, 0) is 38.5 Å². The van der Waals surface area contributed by atoms with Gasteiger partial charge in [-0.25, -0.2) is 9.59 Å². The van der Waals surface area contributed by atoms with Crippen LogP contribution in [0.1, 0.15) is 26.3 Å². The maximum Gasteiger partial charge on any atom is 0.343 e. The lowest BCUT2D eigenvalue weighted by atomic mass is 9.91. The van der Waals surface area contributed by atoms with Crippen LogP contribution in [-0.2, 0) is 24.6 Å². The molecule has 1 rings (SSSR count). The van der Waals surface area contributed by atoms with Gasteiger partial charge in [0, 0.05) is 5.02 Å². The van der Waals surface area contributed by atoms with Crippen LogP contribution in [0.4, 0.5) is 0 Å². The highest BCUT2D eigenvalue weighted by Crippen LogP contribution is 2.25. The average Bonchev–Trinajstić information content (AvgIpc) is 2.35. The minimum atomic E-state index is -2.02. The number of benzene rings is 1. The minimum absolute atomic E-state index is 0.253. The first-order valence-electron chi connectivity index (χ1n) is 5.98. The molecule has 0 fully saturated rings. The first-order chi connectivity index (χ1) is 9.11. The summed E-state index contributed by atoms with van der Waals surface area (Å²) in [5.41, 5.74) is 3.44. The van der Waals surface area contributed by atoms with Gasteiger partial charge in [0.25, 0.3) is 0 Å². The maximum atomic E-state index is 12.3. The van der Waals surface area contributed by atoms with E-state index in [1.807, 2.05) is 0 Å². The zero-order valence-electron chi connectivity index (χ0n) is 11.9. The monoisotopic (exact) mass is 299 g/mol. The molecule has 0 aliphatic heterocycles. The molecule has 0 aromatic heterocycles. The molecule has 0 saturated carbocycles. The molecule has 2 N–H and O–H groups in total. The summed E-state index contributed by atoms with van der Waals surface area (Å²) in [5, 5.41) is 0.463. The minimum Gasteiger partial charge on any atom is -0.467 e. The van der Waals surface area contributed by atoms with Gasteiger partial charge in [-0.2, -0.15) is 0 Å². The molecule has 0 amide bonds. The Morgan fingerprint density at radius 3 is 2.00 bits per heavy atom. The highest BCUT2D eigenvalue weighted by atomic mass is 35.5. The summed E-state index contributed by atoms with van der Waals surface area (Å²) in [6.45, 7) is 5.05. The van der Waals surface area contributed by atoms with Crippen molar-refractivity contribution in [1.29, 1.82) is 0 Å². The Kier molecular flexibility index (Phi) is 4.78. The Bertz CT molecular complexity index is 507. The Morgan fingerprint density at radius 1 is 1.10 bits per heavy atom. The lowest BCUT2D eigenvalue weighted by Gasteiger charge is -2.29. The van der Waals surface area contributed by atoms with Gasteiger partial charge in [0.15, 0.2) is 0 Å². The summed E-state index contributed by atoms with van der Waals surface area (Å²) < 4.78 is 9.85. The second kappa shape index (κ2) is 5.81. The van der Waals surface area contributed by atoms with Crippen LogP contribution in [0.5, 0.6) is 0 Å². The SMILES string of the molecule is COC(=O)[C@@](N)(C(=O)OC(C)(C)C)c1ccc(Cl)cc1. The van der Waals surface area contributed by atoms with E-state index in [1.165, 1.54) is 24.3 Å². The van der Waals surface area contributed by atoms with Gasteiger partial charge in [0.05, 0.1) is 7.11 Å². The predicted octanol–water partition coefficient (Wildman–Crippen LogP) is 2.01. The van der Waals surface area contributed by atoms with E-state index in [4.69, 9.17) is 22.1 Å². The van der Waals surface area contributed by atoms with E-state index in [2.05, 4.69) is 4.74 Å². The van der Waals surface area contributed by atoms with Gasteiger partial charge in [0.1, 0.15) is 5.60 Å². The van der Waals surface area contributed by atoms with Gasteiger partial charge in [-0.15, -0.1) is 0 Å². The fourth-order valence-electron chi connectivity index (χ4n) is 1.55. The molecule has 20 heavy (non-hydrogen) atoms. The van der Waals surface area contributed by atoms with Crippen LogP contribution >= 0.6 is 11.6 Å². The predicted molar refractivity (Wildman–Crippen MR) is 75.2 cm³/mol. The van der Waals surface area contributed by atoms with Gasteiger partial charge in [0.2, 0.25) is 5.54 Å². The molecule has 0 radical (unpaired) electrons. The van der Waals surface area contributed by atoms with Crippen LogP contribution in [0.2, 0.25) is 5.02 Å². The van der Waals surface area contributed by atoms with Gasteiger partial charge in [-0.1, -0.05) is 23.7 Å². The van der Waals surface area contributed by atoms with Crippen molar-refractivity contribution in [2.75, 3.05) is 7.11 Å². The first-order valence-corrected chi connectivity index (χ1v) is 6.36. The zero-order valence-corrected chi connectivity index (χ0v) is 12.7. The van der Waals surface area contributed by atoms with Gasteiger partial charge in [-0.3, -0.25) is 0 Å². The van der Waals surface area contributed by atoms with Crippen LogP contribution in [0.25, 0.3) is 0 Å². The zero-order chi connectivity index (χ0) is 15.6. The number of methoxy groups -OCH3 is 1. The normalized spacial score (nSPS) is 14.3. The molecular weight excluding hydrogens is 282 g/mol. The Balaban J connectivity index is 3.26. The van der Waals surface area contributed by atoms with Crippen molar-refractivity contribution in [3.05, 3.63) is 34.9 Å². The number of carbonyl (C=O) groups is 2. The molecule has 1 aromatic carbocycles. The molecule has 0 aliphatic rings. The smallest absolute Gasteiger partial charge is 0.343 e. The number of halogens is 1. The number of hydrogen-bond donors (Lipinski definition) is 1. The van der Waals surface area contributed by atoms with Gasteiger partial charge < -0.3 is 15.2 Å². The van der Waals surface area contributed by atoms with E-state index in [0.717, 1.165) is 7.11 Å². The molecule has 6 heteroatoms. The fourth-order valence-corrected chi connectivity index (χ4v) is 1.68. The number of ether oxygens (including phenoxy) is 2. The van der Waals surface area contributed by atoms with Crippen LogP contribution in [0.15, 0.2) is 24.3 Å². The standard InChI is InChI=1S/C14H18ClNO4/c1-13(2,3)20-12(18)14(16,11(17)19-4)9-5-7-10(15)8-6-9/h5-8H,16H2,1-4H3/t14-/m1/s1. The largest absolute Gasteiger partial charge is 0.467 e. The lowest BCUT2D eigenvalue weighted by molar-refractivity contribution is -0.171. The summed E-state index contributed by atoms with van der Waals surface area (Å²) in [4.78, 5) is 24.3. The van der Waals surface area contributed by atoms with Crippen molar-refractivity contribution < 1.29 is 19.1 Å². The molecule has 0 aliphatic carbocycles. The van der Waals surface area contributed by atoms with E-state index in [-0.39, 0.29) is 5.56 Å². The second-order valence-corrected chi connectivity index (χ2v) is 5.74. The summed E-state index contributed by atoms with van der Waals surface area (Å²) in [7, 11) is 1.16. The van der Waals surface area contributed by atoms with E-state index >= 15 is 0 Å². The Labute approximate surface area is 123 Å². The Morgan fingerprint density at radius 2 is 1.60 bits per heavy atom. The van der Waals surface area contributed by atoms with Crippen molar-refractivity contribution in [1.82, 2.24) is 0 Å². The number of esters is 2. The Hall–Kier alpha value is -1.59. The molecule has 0 spiro atoms. The molecule has 0 unspecified atom stereocenters. The first kappa shape index (κ1) is 16.5. The molecule has 1 atom stereocenters. The van der Waals surface area contributed by atoms with Crippen LogP contribution in [0, 0.1) is 0 Å². The third-order valence-corrected chi connectivity index (χ3v) is 2.78. The molecule has 110 valence electrons. The topological polar surface area (TPSA) is 78.6 Å². The molecule has 0 heterocycles. The summed E-state index contributed by atoms with van der Waals surface area (Å²) >= 11 is 5.79. The van der Waals surface area contributed by atoms with Crippen molar-refractivity contribution in [3.8, 4) is 0 Å². The summed E-state index contributed by atoms with van der Waals surface area (Å²) in [6, 6.07) is 6.05. The van der Waals surface area contributed by atoms with Crippen LogP contribution in [0.3, 0.4) is 0 Å². The third-order valence-electron chi connectivity index (χ3n) is 2.53. The molecule has 0 bridgehead atoms. The van der Waals surface area contributed by atoms with E-state index in [9.17, 15) is 9.59 Å². The van der Waals surface area contributed by atoms with Gasteiger partial charge >= 0.3 is 11.9 Å². The number of rotatable bonds is 3. The van der Waals surface area contributed by atoms with Crippen LogP contribution in [-0.4, -0.2) is 24.6 Å². The van der Waals surface area contributed by atoms with Crippen molar-refractivity contribution >= 4 is 23.5 Å². The van der Waals surface area contributed by atoms with E-state index in [1.54, 1.807) is 20.8 Å². The molecule has 5 nitrogen and oxygen atoms in total. The maximum absolute atomic E-state index is 12.3. The highest BCUT2D eigenvalue weighted by Gasteiger charge is 2.48. The van der Waals surface area contributed by atoms with Crippen LogP contribution < -0.4 is 5.73 Å². The molecular formula is C14H18ClNO4. The van der Waals surface area contributed by atoms with Crippen molar-refractivity contribution in [3.63, 3.8) is 0 Å². The third kappa shape index (κ3) is 3.49. The summed E-state index contributed by atoms with van der Waals surface area (Å²) in [6.07, 6.45) is 0. The number of hydrogen-bond acceptors (Lipinski definition) is 5. The molecule has 1 aromatic rings. The van der Waals surface area contributed by atoms with E-state index in [0.29, 0.717) is 5.02 Å².